The Morgan fingerprint density at radius 1 is 1.00 bits per heavy atom. The van der Waals surface area contributed by atoms with E-state index in [1.165, 1.54) is 45.3 Å². The molecule has 4 unspecified atom stereocenters. The third-order valence-corrected chi connectivity index (χ3v) is 16.0. The molecule has 5 aliphatic rings. The van der Waals surface area contributed by atoms with Crippen molar-refractivity contribution in [3.63, 3.8) is 0 Å². The molecule has 268 valence electrons. The van der Waals surface area contributed by atoms with Gasteiger partial charge in [-0.1, -0.05) is 53.0 Å². The first kappa shape index (κ1) is 33.8. The lowest BCUT2D eigenvalue weighted by Crippen LogP contribution is -2.48. The minimum atomic E-state index is -3.97. The van der Waals surface area contributed by atoms with E-state index in [-0.39, 0.29) is 34.3 Å². The van der Waals surface area contributed by atoms with E-state index in [1.807, 2.05) is 18.2 Å². The van der Waals surface area contributed by atoms with E-state index < -0.39 is 21.5 Å². The zero-order valence-corrected chi connectivity index (χ0v) is 31.4. The largest absolute Gasteiger partial charge is 0.497 e. The number of nitrogens with one attached hydrogen (secondary N) is 2. The number of carbonyl (C=O) groups is 2. The summed E-state index contributed by atoms with van der Waals surface area (Å²) in [5, 5.41) is 4.75. The number of rotatable bonds is 7. The van der Waals surface area contributed by atoms with Crippen LogP contribution in [-0.2, 0) is 21.5 Å². The summed E-state index contributed by atoms with van der Waals surface area (Å²) in [6.45, 7) is 10.0. The molecule has 0 spiro atoms. The molecule has 2 bridgehead atoms. The molecule has 10 heteroatoms. The van der Waals surface area contributed by atoms with Crippen LogP contribution >= 0.6 is 0 Å². The molecule has 3 aromatic rings. The Morgan fingerprint density at radius 2 is 1.74 bits per heavy atom. The van der Waals surface area contributed by atoms with Crippen molar-refractivity contribution < 1.29 is 22.7 Å². The predicted octanol–water partition coefficient (Wildman–Crippen LogP) is 6.97. The number of benzene rings is 2. The van der Waals surface area contributed by atoms with E-state index in [9.17, 15) is 18.0 Å². The summed E-state index contributed by atoms with van der Waals surface area (Å²) in [5.41, 5.74) is 5.54. The second-order valence-corrected chi connectivity index (χ2v) is 19.0. The molecule has 6 atom stereocenters. The Hall–Kier alpha value is -3.37. The molecular weight excluding hydrogens is 649 g/mol. The molecule has 4 fully saturated rings. The summed E-state index contributed by atoms with van der Waals surface area (Å²) in [7, 11) is 0.504. The third-order valence-electron chi connectivity index (χ3n) is 14.6. The molecule has 9 nitrogen and oxygen atoms in total. The molecule has 50 heavy (non-hydrogen) atoms. The number of hydrogen-bond acceptors (Lipinski definition) is 5. The number of nitrogens with zero attached hydrogens (tertiary/aromatic N) is 2. The fraction of sp³-hybridized carbons (Fsp3) is 0.600. The summed E-state index contributed by atoms with van der Waals surface area (Å²) >= 11 is 0. The molecular formula is C40H52N4O5S. The van der Waals surface area contributed by atoms with Gasteiger partial charge in [0.2, 0.25) is 5.91 Å². The van der Waals surface area contributed by atoms with Crippen molar-refractivity contribution >= 4 is 32.9 Å². The highest BCUT2D eigenvalue weighted by atomic mass is 32.2. The Morgan fingerprint density at radius 3 is 2.40 bits per heavy atom. The molecule has 1 aromatic heterocycles. The molecule has 0 radical (unpaired) electrons. The Labute approximate surface area is 296 Å². The minimum absolute atomic E-state index is 0.0379. The van der Waals surface area contributed by atoms with E-state index in [1.54, 1.807) is 13.2 Å². The van der Waals surface area contributed by atoms with Crippen molar-refractivity contribution in [2.75, 3.05) is 21.2 Å². The standard InChI is InChI=1S/C40H52N4O5S/c1-23-34(30-17-18-39(23,4)38(30,2)3)41-37(46)40-21-31(40)29-20-26(49-7)14-16-27(29)35-33(24-11-9-8-10-12-24)28-15-13-25(19-32(28)44(35)22-40)36(45)42-50(47,48)43(5)6/h13-16,19-20,23-24,30-31,34H,8-12,17-18,21-22H2,1-7H3,(H,41,46)(H,42,45)/t23-,30?,31?,34+,39?,40?/m1/s1. The lowest BCUT2D eigenvalue weighted by molar-refractivity contribution is -0.128. The number of carbonyl (C=O) groups excluding carboxylic acids is 2. The highest BCUT2D eigenvalue weighted by Crippen LogP contribution is 2.69. The van der Waals surface area contributed by atoms with Gasteiger partial charge in [0.1, 0.15) is 5.75 Å². The quantitative estimate of drug-likeness (QED) is 0.277. The van der Waals surface area contributed by atoms with Gasteiger partial charge >= 0.3 is 10.2 Å². The summed E-state index contributed by atoms with van der Waals surface area (Å²) in [5.74, 6) is 1.45. The molecule has 0 saturated heterocycles. The van der Waals surface area contributed by atoms with Crippen LogP contribution < -0.4 is 14.8 Å². The van der Waals surface area contributed by atoms with E-state index in [0.717, 1.165) is 63.5 Å². The Kier molecular flexibility index (Phi) is 7.64. The van der Waals surface area contributed by atoms with Gasteiger partial charge in [-0.25, -0.2) is 4.72 Å². The number of amides is 2. The van der Waals surface area contributed by atoms with Crippen LogP contribution in [0.15, 0.2) is 36.4 Å². The Balaban J connectivity index is 1.28. The second-order valence-electron chi connectivity index (χ2n) is 17.1. The predicted molar refractivity (Wildman–Crippen MR) is 195 cm³/mol. The van der Waals surface area contributed by atoms with Gasteiger partial charge in [-0.05, 0) is 102 Å². The molecule has 2 heterocycles. The molecule has 1 aliphatic heterocycles. The van der Waals surface area contributed by atoms with Crippen molar-refractivity contribution in [1.82, 2.24) is 18.9 Å². The van der Waals surface area contributed by atoms with Gasteiger partial charge in [-0.3, -0.25) is 9.59 Å². The first-order valence-electron chi connectivity index (χ1n) is 18.5. The highest BCUT2D eigenvalue weighted by molar-refractivity contribution is 7.87. The van der Waals surface area contributed by atoms with Gasteiger partial charge in [-0.2, -0.15) is 12.7 Å². The fourth-order valence-electron chi connectivity index (χ4n) is 11.0. The van der Waals surface area contributed by atoms with Crippen LogP contribution in [0.3, 0.4) is 0 Å². The van der Waals surface area contributed by atoms with Crippen molar-refractivity contribution in [2.45, 2.75) is 103 Å². The van der Waals surface area contributed by atoms with Crippen molar-refractivity contribution in [3.05, 3.63) is 53.1 Å². The average Bonchev–Trinajstić information content (AvgIpc) is 3.66. The van der Waals surface area contributed by atoms with Gasteiger partial charge in [0.15, 0.2) is 0 Å². The zero-order chi connectivity index (χ0) is 35.5. The van der Waals surface area contributed by atoms with Crippen molar-refractivity contribution in [2.24, 2.45) is 28.1 Å². The SMILES string of the molecule is COc1ccc2c(c1)C1CC1(C(=O)N[C@@H]1C3CCC(C)([C@@H]1C)C3(C)C)Cn1c-2c(C2CCCCC2)c2ccc(C(=O)NS(=O)(=O)N(C)C)cc21. The molecule has 2 amide bonds. The van der Waals surface area contributed by atoms with E-state index >= 15 is 0 Å². The number of methoxy groups -OCH3 is 1. The summed E-state index contributed by atoms with van der Waals surface area (Å²) in [6.07, 6.45) is 8.82. The average molecular weight is 701 g/mol. The molecule has 8 rings (SSSR count). The van der Waals surface area contributed by atoms with Gasteiger partial charge in [0.25, 0.3) is 5.91 Å². The summed E-state index contributed by atoms with van der Waals surface area (Å²) in [4.78, 5) is 28.4. The van der Waals surface area contributed by atoms with Crippen LogP contribution in [0.1, 0.15) is 112 Å². The third kappa shape index (κ3) is 4.69. The number of ether oxygens (including phenoxy) is 1. The van der Waals surface area contributed by atoms with Crippen LogP contribution in [-0.4, -0.2) is 56.4 Å². The van der Waals surface area contributed by atoms with Crippen LogP contribution in [0.2, 0.25) is 0 Å². The van der Waals surface area contributed by atoms with Gasteiger partial charge in [0, 0.05) is 54.6 Å². The first-order valence-corrected chi connectivity index (χ1v) is 20.0. The van der Waals surface area contributed by atoms with Gasteiger partial charge in [0.05, 0.1) is 18.2 Å². The van der Waals surface area contributed by atoms with E-state index in [2.05, 4.69) is 54.4 Å². The van der Waals surface area contributed by atoms with Crippen LogP contribution in [0.5, 0.6) is 5.75 Å². The first-order chi connectivity index (χ1) is 23.6. The monoisotopic (exact) mass is 700 g/mol. The van der Waals surface area contributed by atoms with Crippen LogP contribution in [0.25, 0.3) is 22.2 Å². The molecule has 2 N–H and O–H groups in total. The maximum absolute atomic E-state index is 14.9. The maximum Gasteiger partial charge on any atom is 0.303 e. The van der Waals surface area contributed by atoms with E-state index in [0.29, 0.717) is 24.3 Å². The van der Waals surface area contributed by atoms with Crippen LogP contribution in [0.4, 0.5) is 0 Å². The van der Waals surface area contributed by atoms with Gasteiger partial charge in [-0.15, -0.1) is 0 Å². The molecule has 4 saturated carbocycles. The summed E-state index contributed by atoms with van der Waals surface area (Å²) in [6, 6.07) is 12.0. The van der Waals surface area contributed by atoms with Crippen LogP contribution in [0, 0.1) is 28.1 Å². The zero-order valence-electron chi connectivity index (χ0n) is 30.6. The summed E-state index contributed by atoms with van der Waals surface area (Å²) < 4.78 is 36.5. The topological polar surface area (TPSA) is 110 Å². The lowest BCUT2D eigenvalue weighted by atomic mass is 9.67. The fourth-order valence-corrected chi connectivity index (χ4v) is 11.5. The highest BCUT2D eigenvalue weighted by Gasteiger charge is 2.67. The van der Waals surface area contributed by atoms with E-state index in [4.69, 9.17) is 4.74 Å². The van der Waals surface area contributed by atoms with Crippen molar-refractivity contribution in [1.29, 1.82) is 0 Å². The number of fused-ring (bicyclic) bond motifs is 9. The Bertz CT molecular complexity index is 2030. The smallest absolute Gasteiger partial charge is 0.303 e. The van der Waals surface area contributed by atoms with Crippen molar-refractivity contribution in [3.8, 4) is 17.0 Å². The second kappa shape index (κ2) is 11.3. The molecule has 2 aromatic carbocycles. The minimum Gasteiger partial charge on any atom is -0.497 e. The lowest BCUT2D eigenvalue weighted by Gasteiger charge is -2.38. The molecule has 4 aliphatic carbocycles. The number of hydrogen-bond donors (Lipinski definition) is 2. The van der Waals surface area contributed by atoms with Gasteiger partial charge < -0.3 is 14.6 Å². The normalized spacial score (nSPS) is 31.1. The maximum atomic E-state index is 14.9. The number of aromatic nitrogens is 1.